The lowest BCUT2D eigenvalue weighted by molar-refractivity contribution is 0.148. The molecule has 4 heteroatoms. The second-order valence-corrected chi connectivity index (χ2v) is 3.63. The molecule has 2 rings (SSSR count). The van der Waals surface area contributed by atoms with Gasteiger partial charge >= 0.3 is 0 Å². The summed E-state index contributed by atoms with van der Waals surface area (Å²) in [6.45, 7) is 0. The smallest absolute Gasteiger partial charge is 0.254 e. The van der Waals surface area contributed by atoms with Crippen molar-refractivity contribution < 1.29 is 4.74 Å². The topological polar surface area (TPSA) is 55.0 Å². The van der Waals surface area contributed by atoms with Crippen LogP contribution in [0.25, 0.3) is 0 Å². The van der Waals surface area contributed by atoms with Crippen LogP contribution in [0.3, 0.4) is 0 Å². The van der Waals surface area contributed by atoms with E-state index >= 15 is 0 Å². The fourth-order valence-electron chi connectivity index (χ4n) is 1.77. The molecule has 0 atom stereocenters. The Bertz CT molecular complexity index is 342. The van der Waals surface area contributed by atoms with E-state index in [0.29, 0.717) is 5.88 Å². The molecule has 1 aromatic heterocycles. The fraction of sp³-hybridized carbons (Fsp3) is 0.600. The first-order valence-electron chi connectivity index (χ1n) is 5.06. The lowest BCUT2D eigenvalue weighted by atomic mass is 9.98. The molecule has 1 aliphatic carbocycles. The molecule has 0 saturated heterocycles. The SMILES string of the molecule is O=c1cc(OC2CCCCC2)nc[nH]1. The molecule has 0 amide bonds. The number of aromatic nitrogens is 2. The van der Waals surface area contributed by atoms with Crippen molar-refractivity contribution in [1.82, 2.24) is 9.97 Å². The molecule has 4 nitrogen and oxygen atoms in total. The van der Waals surface area contributed by atoms with E-state index in [1.807, 2.05) is 0 Å². The van der Waals surface area contributed by atoms with Crippen molar-refractivity contribution in [2.75, 3.05) is 0 Å². The van der Waals surface area contributed by atoms with Gasteiger partial charge in [-0.15, -0.1) is 0 Å². The Labute approximate surface area is 82.3 Å². The summed E-state index contributed by atoms with van der Waals surface area (Å²) in [7, 11) is 0. The maximum absolute atomic E-state index is 11.0. The van der Waals surface area contributed by atoms with Crippen LogP contribution in [0.5, 0.6) is 5.88 Å². The van der Waals surface area contributed by atoms with Crippen molar-refractivity contribution in [2.24, 2.45) is 0 Å². The summed E-state index contributed by atoms with van der Waals surface area (Å²) in [6, 6.07) is 1.40. The Kier molecular flexibility index (Phi) is 2.81. The van der Waals surface area contributed by atoms with E-state index in [0.717, 1.165) is 12.8 Å². The molecule has 1 N–H and O–H groups in total. The van der Waals surface area contributed by atoms with Gasteiger partial charge in [0.15, 0.2) is 0 Å². The van der Waals surface area contributed by atoms with Crippen LogP contribution in [0.4, 0.5) is 0 Å². The average Bonchev–Trinajstić information content (AvgIpc) is 2.19. The molecule has 1 aliphatic rings. The van der Waals surface area contributed by atoms with Gasteiger partial charge in [0, 0.05) is 0 Å². The fourth-order valence-corrected chi connectivity index (χ4v) is 1.77. The second-order valence-electron chi connectivity index (χ2n) is 3.63. The molecule has 0 bridgehead atoms. The van der Waals surface area contributed by atoms with Crippen LogP contribution in [0.15, 0.2) is 17.2 Å². The van der Waals surface area contributed by atoms with Gasteiger partial charge in [-0.25, -0.2) is 4.98 Å². The summed E-state index contributed by atoms with van der Waals surface area (Å²) in [5.41, 5.74) is -0.161. The van der Waals surface area contributed by atoms with Gasteiger partial charge in [-0.1, -0.05) is 6.42 Å². The lowest BCUT2D eigenvalue weighted by Crippen LogP contribution is -2.21. The maximum Gasteiger partial charge on any atom is 0.254 e. The first kappa shape index (κ1) is 9.24. The average molecular weight is 194 g/mol. The predicted octanol–water partition coefficient (Wildman–Crippen LogP) is 1.48. The Morgan fingerprint density at radius 2 is 2.14 bits per heavy atom. The van der Waals surface area contributed by atoms with E-state index in [2.05, 4.69) is 9.97 Å². The van der Waals surface area contributed by atoms with Crippen LogP contribution in [0.1, 0.15) is 32.1 Å². The predicted molar refractivity (Wildman–Crippen MR) is 52.4 cm³/mol. The maximum atomic E-state index is 11.0. The van der Waals surface area contributed by atoms with Crippen molar-refractivity contribution in [2.45, 2.75) is 38.2 Å². The molecule has 1 heterocycles. The standard InChI is InChI=1S/C10H14N2O2/c13-9-6-10(12-7-11-9)14-8-4-2-1-3-5-8/h6-8H,1-5H2,(H,11,12,13). The molecular formula is C10H14N2O2. The van der Waals surface area contributed by atoms with Crippen LogP contribution < -0.4 is 10.3 Å². The molecule has 14 heavy (non-hydrogen) atoms. The Morgan fingerprint density at radius 1 is 1.36 bits per heavy atom. The van der Waals surface area contributed by atoms with Gasteiger partial charge < -0.3 is 9.72 Å². The van der Waals surface area contributed by atoms with Crippen molar-refractivity contribution in [3.63, 3.8) is 0 Å². The van der Waals surface area contributed by atoms with Crippen LogP contribution in [0, 0.1) is 0 Å². The van der Waals surface area contributed by atoms with E-state index in [-0.39, 0.29) is 11.7 Å². The third kappa shape index (κ3) is 2.34. The van der Waals surface area contributed by atoms with Crippen LogP contribution in [-0.4, -0.2) is 16.1 Å². The Morgan fingerprint density at radius 3 is 2.86 bits per heavy atom. The van der Waals surface area contributed by atoms with Crippen molar-refractivity contribution in [1.29, 1.82) is 0 Å². The van der Waals surface area contributed by atoms with Gasteiger partial charge in [0.2, 0.25) is 5.88 Å². The minimum Gasteiger partial charge on any atom is -0.474 e. The summed E-state index contributed by atoms with van der Waals surface area (Å²) in [6.07, 6.45) is 7.51. The normalized spacial score (nSPS) is 18.0. The molecule has 1 saturated carbocycles. The number of H-pyrrole nitrogens is 1. The summed E-state index contributed by atoms with van der Waals surface area (Å²) in [4.78, 5) is 17.4. The number of nitrogens with zero attached hydrogens (tertiary/aromatic N) is 1. The quantitative estimate of drug-likeness (QED) is 0.775. The zero-order valence-corrected chi connectivity index (χ0v) is 8.03. The molecule has 0 unspecified atom stereocenters. The summed E-state index contributed by atoms with van der Waals surface area (Å²) in [5, 5.41) is 0. The van der Waals surface area contributed by atoms with E-state index in [1.54, 1.807) is 0 Å². The second kappa shape index (κ2) is 4.26. The molecule has 0 aliphatic heterocycles. The summed E-state index contributed by atoms with van der Waals surface area (Å²) in [5.74, 6) is 0.445. The zero-order chi connectivity index (χ0) is 9.80. The lowest BCUT2D eigenvalue weighted by Gasteiger charge is -2.21. The highest BCUT2D eigenvalue weighted by Crippen LogP contribution is 2.21. The molecule has 76 valence electrons. The molecule has 0 radical (unpaired) electrons. The van der Waals surface area contributed by atoms with E-state index < -0.39 is 0 Å². The van der Waals surface area contributed by atoms with Crippen LogP contribution in [0.2, 0.25) is 0 Å². The molecular weight excluding hydrogens is 180 g/mol. The first-order valence-corrected chi connectivity index (χ1v) is 5.06. The van der Waals surface area contributed by atoms with E-state index in [1.165, 1.54) is 31.7 Å². The third-order valence-electron chi connectivity index (χ3n) is 2.49. The Hall–Kier alpha value is -1.32. The van der Waals surface area contributed by atoms with Crippen LogP contribution >= 0.6 is 0 Å². The zero-order valence-electron chi connectivity index (χ0n) is 8.03. The molecule has 0 aromatic carbocycles. The number of aromatic amines is 1. The third-order valence-corrected chi connectivity index (χ3v) is 2.49. The summed E-state index contributed by atoms with van der Waals surface area (Å²) < 4.78 is 5.60. The molecule has 1 fully saturated rings. The van der Waals surface area contributed by atoms with Crippen molar-refractivity contribution in [3.05, 3.63) is 22.7 Å². The van der Waals surface area contributed by atoms with Gasteiger partial charge in [0.1, 0.15) is 6.10 Å². The largest absolute Gasteiger partial charge is 0.474 e. The van der Waals surface area contributed by atoms with Gasteiger partial charge in [-0.3, -0.25) is 4.79 Å². The van der Waals surface area contributed by atoms with Gasteiger partial charge in [0.25, 0.3) is 5.56 Å². The highest BCUT2D eigenvalue weighted by atomic mass is 16.5. The van der Waals surface area contributed by atoms with E-state index in [4.69, 9.17) is 4.74 Å². The minimum atomic E-state index is -0.161. The van der Waals surface area contributed by atoms with E-state index in [9.17, 15) is 4.79 Å². The van der Waals surface area contributed by atoms with Crippen LogP contribution in [-0.2, 0) is 0 Å². The summed E-state index contributed by atoms with van der Waals surface area (Å²) >= 11 is 0. The van der Waals surface area contributed by atoms with Crippen molar-refractivity contribution >= 4 is 0 Å². The first-order chi connectivity index (χ1) is 6.84. The van der Waals surface area contributed by atoms with Gasteiger partial charge in [-0.05, 0) is 25.7 Å². The minimum absolute atomic E-state index is 0.161. The van der Waals surface area contributed by atoms with Crippen molar-refractivity contribution in [3.8, 4) is 5.88 Å². The molecule has 0 spiro atoms. The number of nitrogens with one attached hydrogen (secondary N) is 1. The number of rotatable bonds is 2. The van der Waals surface area contributed by atoms with Gasteiger partial charge in [-0.2, -0.15) is 0 Å². The highest BCUT2D eigenvalue weighted by Gasteiger charge is 2.15. The Balaban J connectivity index is 1.99. The highest BCUT2D eigenvalue weighted by molar-refractivity contribution is 5.05. The molecule has 1 aromatic rings. The number of hydrogen-bond donors (Lipinski definition) is 1. The monoisotopic (exact) mass is 194 g/mol. The number of hydrogen-bond acceptors (Lipinski definition) is 3. The van der Waals surface area contributed by atoms with Gasteiger partial charge in [0.05, 0.1) is 12.4 Å². The number of ether oxygens (including phenoxy) is 1.